The van der Waals surface area contributed by atoms with Crippen molar-refractivity contribution in [1.29, 1.82) is 0 Å². The van der Waals surface area contributed by atoms with Gasteiger partial charge in [-0.2, -0.15) is 0 Å². The maximum atomic E-state index is 13.0. The van der Waals surface area contributed by atoms with E-state index in [9.17, 15) is 14.7 Å². The first-order valence-electron chi connectivity index (χ1n) is 13.3. The number of phenols is 1. The molecule has 8 heteroatoms. The average molecular weight is 594 g/mol. The molecule has 1 aliphatic rings. The van der Waals surface area contributed by atoms with E-state index in [4.69, 9.17) is 0 Å². The Morgan fingerprint density at radius 2 is 1.74 bits per heavy atom. The van der Waals surface area contributed by atoms with Crippen LogP contribution in [0.15, 0.2) is 46.5 Å². The molecule has 1 atom stereocenters. The maximum Gasteiger partial charge on any atom is 0.263 e. The van der Waals surface area contributed by atoms with Crippen LogP contribution in [0.3, 0.4) is 0 Å². The molecule has 39 heavy (non-hydrogen) atoms. The summed E-state index contributed by atoms with van der Waals surface area (Å²) in [5, 5.41) is 21.1. The SMILES string of the molecule is CC=CC(C)C(C)(C)c1cc(C(C)(C)C(C)=CCC)cc(-n2nc3cc(Br)c4c(c3n2)C(=O)N(C)C4=O)c1O. The minimum absolute atomic E-state index is 0.0866. The van der Waals surface area contributed by atoms with Crippen molar-refractivity contribution in [3.63, 3.8) is 0 Å². The largest absolute Gasteiger partial charge is 0.505 e. The number of hydrogen-bond donors (Lipinski definition) is 1. The molecule has 0 spiro atoms. The van der Waals surface area contributed by atoms with E-state index in [2.05, 4.69) is 92.8 Å². The molecule has 1 aromatic heterocycles. The lowest BCUT2D eigenvalue weighted by atomic mass is 9.70. The average Bonchev–Trinajstić information content (AvgIpc) is 3.38. The molecule has 2 heterocycles. The molecule has 3 aromatic rings. The molecular weight excluding hydrogens is 556 g/mol. The highest BCUT2D eigenvalue weighted by Gasteiger charge is 2.39. The van der Waals surface area contributed by atoms with Crippen LogP contribution in [0, 0.1) is 5.92 Å². The number of carbonyl (C=O) groups excluding carboxylic acids is 2. The van der Waals surface area contributed by atoms with Gasteiger partial charge in [-0.25, -0.2) is 0 Å². The van der Waals surface area contributed by atoms with Crippen molar-refractivity contribution in [2.24, 2.45) is 5.92 Å². The van der Waals surface area contributed by atoms with Crippen molar-refractivity contribution in [3.8, 4) is 11.4 Å². The summed E-state index contributed by atoms with van der Waals surface area (Å²) >= 11 is 3.44. The Morgan fingerprint density at radius 3 is 2.36 bits per heavy atom. The van der Waals surface area contributed by atoms with Crippen LogP contribution in [0.2, 0.25) is 0 Å². The number of benzene rings is 2. The third-order valence-corrected chi connectivity index (χ3v) is 9.13. The lowest BCUT2D eigenvalue weighted by Crippen LogP contribution is -2.28. The Labute approximate surface area is 238 Å². The van der Waals surface area contributed by atoms with Gasteiger partial charge >= 0.3 is 0 Å². The molecule has 1 unspecified atom stereocenters. The number of phenolic OH excluding ortho intramolecular Hbond substituents is 1. The summed E-state index contributed by atoms with van der Waals surface area (Å²) in [6, 6.07) is 5.72. The van der Waals surface area contributed by atoms with E-state index in [0.717, 1.165) is 22.4 Å². The standard InChI is InChI=1S/C31H37BrN4O3/c1-10-12-17(3)30(5,6)19-14-20(31(7,8)18(4)13-11-2)27(37)23(15-19)36-33-22-16-21(32)24-25(26(22)34-36)29(39)35(9)28(24)38/h11-16,18,37H,10H2,1-9H3. The summed E-state index contributed by atoms with van der Waals surface area (Å²) in [7, 11) is 1.46. The van der Waals surface area contributed by atoms with Crippen LogP contribution in [-0.4, -0.2) is 43.9 Å². The minimum atomic E-state index is -0.421. The number of amides is 2. The van der Waals surface area contributed by atoms with Crippen molar-refractivity contribution in [3.05, 3.63) is 68.7 Å². The fourth-order valence-electron chi connectivity index (χ4n) is 5.16. The number of aromatic hydroxyl groups is 1. The summed E-state index contributed by atoms with van der Waals surface area (Å²) < 4.78 is 0.487. The molecular formula is C31H37BrN4O3. The van der Waals surface area contributed by atoms with Gasteiger partial charge in [0.25, 0.3) is 11.8 Å². The van der Waals surface area contributed by atoms with Crippen LogP contribution in [0.1, 0.15) is 93.7 Å². The Balaban J connectivity index is 2.04. The highest BCUT2D eigenvalue weighted by Crippen LogP contribution is 2.45. The first-order valence-corrected chi connectivity index (χ1v) is 14.1. The normalized spacial score (nSPS) is 15.6. The van der Waals surface area contributed by atoms with Crippen molar-refractivity contribution in [1.82, 2.24) is 19.9 Å². The van der Waals surface area contributed by atoms with E-state index in [1.54, 1.807) is 6.07 Å². The Hall–Kier alpha value is -3.26. The van der Waals surface area contributed by atoms with Crippen LogP contribution in [0.25, 0.3) is 16.7 Å². The van der Waals surface area contributed by atoms with Crippen LogP contribution in [0.4, 0.5) is 0 Å². The second-order valence-corrected chi connectivity index (χ2v) is 12.3. The van der Waals surface area contributed by atoms with Gasteiger partial charge in [0.1, 0.15) is 22.5 Å². The molecule has 2 amide bonds. The number of imide groups is 1. The molecule has 0 fully saturated rings. The number of fused-ring (bicyclic) bond motifs is 3. The summed E-state index contributed by atoms with van der Waals surface area (Å²) in [5.74, 6) is -0.585. The topological polar surface area (TPSA) is 88.3 Å². The van der Waals surface area contributed by atoms with Gasteiger partial charge < -0.3 is 5.11 Å². The number of carbonyl (C=O) groups is 2. The zero-order valence-corrected chi connectivity index (χ0v) is 25.8. The molecule has 0 radical (unpaired) electrons. The van der Waals surface area contributed by atoms with Gasteiger partial charge in [-0.05, 0) is 65.2 Å². The van der Waals surface area contributed by atoms with Crippen LogP contribution < -0.4 is 0 Å². The monoisotopic (exact) mass is 592 g/mol. The molecule has 0 saturated carbocycles. The van der Waals surface area contributed by atoms with E-state index in [-0.39, 0.29) is 34.1 Å². The van der Waals surface area contributed by atoms with Gasteiger partial charge in [0, 0.05) is 22.5 Å². The van der Waals surface area contributed by atoms with Crippen LogP contribution >= 0.6 is 15.9 Å². The molecule has 2 aromatic carbocycles. The van der Waals surface area contributed by atoms with Crippen LogP contribution in [-0.2, 0) is 10.8 Å². The summed E-state index contributed by atoms with van der Waals surface area (Å²) in [6.07, 6.45) is 7.31. The summed E-state index contributed by atoms with van der Waals surface area (Å²) in [4.78, 5) is 28.2. The highest BCUT2D eigenvalue weighted by atomic mass is 79.9. The number of rotatable bonds is 7. The first-order chi connectivity index (χ1) is 18.2. The molecule has 0 bridgehead atoms. The third kappa shape index (κ3) is 4.52. The Bertz CT molecular complexity index is 1560. The molecule has 1 aliphatic heterocycles. The van der Waals surface area contributed by atoms with Gasteiger partial charge in [-0.3, -0.25) is 14.5 Å². The van der Waals surface area contributed by atoms with E-state index in [0.29, 0.717) is 21.2 Å². The van der Waals surface area contributed by atoms with E-state index >= 15 is 0 Å². The predicted octanol–water partition coefficient (Wildman–Crippen LogP) is 7.24. The minimum Gasteiger partial charge on any atom is -0.505 e. The Kier molecular flexibility index (Phi) is 7.40. The van der Waals surface area contributed by atoms with Crippen LogP contribution in [0.5, 0.6) is 5.75 Å². The Morgan fingerprint density at radius 1 is 1.10 bits per heavy atom. The molecule has 1 N–H and O–H groups in total. The number of aromatic nitrogens is 3. The highest BCUT2D eigenvalue weighted by molar-refractivity contribution is 9.10. The lowest BCUT2D eigenvalue weighted by Gasteiger charge is -2.35. The zero-order chi connectivity index (χ0) is 29.0. The number of halogens is 1. The zero-order valence-electron chi connectivity index (χ0n) is 24.2. The van der Waals surface area contributed by atoms with Crippen molar-refractivity contribution in [2.45, 2.75) is 72.6 Å². The van der Waals surface area contributed by atoms with Crippen molar-refractivity contribution in [2.75, 3.05) is 7.05 Å². The second kappa shape index (κ2) is 10.0. The van der Waals surface area contributed by atoms with Crippen molar-refractivity contribution >= 4 is 38.8 Å². The molecule has 0 aliphatic carbocycles. The molecule has 7 nitrogen and oxygen atoms in total. The van der Waals surface area contributed by atoms with Gasteiger partial charge in [-0.1, -0.05) is 71.4 Å². The molecule has 206 valence electrons. The molecule has 4 rings (SSSR count). The fraction of sp³-hybridized carbons (Fsp3) is 0.419. The number of nitrogens with zero attached hydrogens (tertiary/aromatic N) is 4. The van der Waals surface area contributed by atoms with E-state index in [1.165, 1.54) is 17.4 Å². The van der Waals surface area contributed by atoms with Gasteiger partial charge in [0.05, 0.1) is 11.1 Å². The fourth-order valence-corrected chi connectivity index (χ4v) is 5.75. The lowest BCUT2D eigenvalue weighted by molar-refractivity contribution is 0.0693. The quantitative estimate of drug-likeness (QED) is 0.231. The van der Waals surface area contributed by atoms with E-state index < -0.39 is 11.3 Å². The first kappa shape index (κ1) is 28.7. The van der Waals surface area contributed by atoms with Gasteiger partial charge in [0.15, 0.2) is 0 Å². The summed E-state index contributed by atoms with van der Waals surface area (Å²) in [6.45, 7) is 17.0. The second-order valence-electron chi connectivity index (χ2n) is 11.5. The van der Waals surface area contributed by atoms with Gasteiger partial charge in [0.2, 0.25) is 0 Å². The predicted molar refractivity (Wildman–Crippen MR) is 159 cm³/mol. The number of allylic oxidation sites excluding steroid dienone is 4. The third-order valence-electron chi connectivity index (χ3n) is 8.50. The maximum absolute atomic E-state index is 13.0. The summed E-state index contributed by atoms with van der Waals surface area (Å²) in [5.41, 5.74) is 3.99. The smallest absolute Gasteiger partial charge is 0.263 e. The molecule has 0 saturated heterocycles. The van der Waals surface area contributed by atoms with Gasteiger partial charge in [-0.15, -0.1) is 15.0 Å². The van der Waals surface area contributed by atoms with Crippen molar-refractivity contribution < 1.29 is 14.7 Å². The number of hydrogen-bond acceptors (Lipinski definition) is 5. The van der Waals surface area contributed by atoms with E-state index in [1.807, 2.05) is 19.1 Å².